The third-order valence-electron chi connectivity index (χ3n) is 4.32. The number of hydrogen-bond acceptors (Lipinski definition) is 3. The van der Waals surface area contributed by atoms with Gasteiger partial charge >= 0.3 is 0 Å². The number of fused-ring (bicyclic) bond motifs is 1. The molecule has 3 aromatic rings. The molecule has 0 radical (unpaired) electrons. The fraction of sp³-hybridized carbons (Fsp3) is 0.519. The molecule has 2 N–H and O–H groups in total. The fourth-order valence-corrected chi connectivity index (χ4v) is 3.60. The van der Waals surface area contributed by atoms with Crippen molar-refractivity contribution in [3.05, 3.63) is 51.7 Å². The van der Waals surface area contributed by atoms with Crippen molar-refractivity contribution < 1.29 is 0 Å². The van der Waals surface area contributed by atoms with Gasteiger partial charge in [-0.3, -0.25) is 0 Å². The Morgan fingerprint density at radius 1 is 1.12 bits per heavy atom. The van der Waals surface area contributed by atoms with Gasteiger partial charge in [-0.1, -0.05) is 96.0 Å². The molecule has 3 rings (SSSR count). The van der Waals surface area contributed by atoms with Gasteiger partial charge in [0.25, 0.3) is 0 Å². The van der Waals surface area contributed by atoms with E-state index in [4.69, 9.17) is 11.6 Å². The third-order valence-corrected chi connectivity index (χ3v) is 5.21. The summed E-state index contributed by atoms with van der Waals surface area (Å²) in [5.74, 6) is 4.63. The Morgan fingerprint density at radius 2 is 1.62 bits per heavy atom. The van der Waals surface area contributed by atoms with Gasteiger partial charge in [-0.05, 0) is 60.5 Å². The van der Waals surface area contributed by atoms with Crippen molar-refractivity contribution in [2.24, 2.45) is 11.7 Å². The predicted molar refractivity (Wildman–Crippen MR) is 163 cm³/mol. The number of nitrogens with two attached hydrogens (primary N) is 1. The number of hydrogen-bond donors (Lipinski definition) is 1. The van der Waals surface area contributed by atoms with Crippen LogP contribution in [-0.4, -0.2) is 40.0 Å². The van der Waals surface area contributed by atoms with Crippen LogP contribution in [0, 0.1) is 12.8 Å². The molecule has 0 aliphatic heterocycles. The van der Waals surface area contributed by atoms with E-state index in [0.717, 1.165) is 33.0 Å². The molecule has 0 aliphatic rings. The Balaban J connectivity index is 0. The standard InChI is InChI=1S/C13H9BrClN3.C8H18.C3H8S.C2H6.CH5N/c1-8-6-12(9-4-2-3-5-11(9)15)17-13-10(14)7-16-18(8)13;1-4-6-8(3)7-5-2;1-4(2)3;2*1-2/h2-7H,1H3;8H,4-7H2,1-3H3;1H2,2-3H3;1-2H3;2H2,1H3. The fourth-order valence-electron chi connectivity index (χ4n) is 3.02. The molecule has 0 unspecified atom stereocenters. The van der Waals surface area contributed by atoms with E-state index in [1.165, 1.54) is 32.7 Å². The molecule has 0 saturated carbocycles. The number of rotatable bonds is 5. The largest absolute Gasteiger partial charge is 0.333 e. The molecule has 0 amide bonds. The van der Waals surface area contributed by atoms with Crippen molar-refractivity contribution in [1.82, 2.24) is 14.6 Å². The number of aromatic nitrogens is 3. The summed E-state index contributed by atoms with van der Waals surface area (Å²) < 4.78 is 2.67. The van der Waals surface area contributed by atoms with Crippen LogP contribution in [-0.2, 0) is 0 Å². The molecule has 34 heavy (non-hydrogen) atoms. The molecule has 194 valence electrons. The van der Waals surface area contributed by atoms with Crippen LogP contribution >= 0.6 is 38.0 Å². The van der Waals surface area contributed by atoms with E-state index >= 15 is 0 Å². The minimum atomic E-state index is 0.389. The van der Waals surface area contributed by atoms with Gasteiger partial charge in [0, 0.05) is 16.3 Å². The Kier molecular flexibility index (Phi) is 21.7. The maximum atomic E-state index is 6.20. The van der Waals surface area contributed by atoms with Gasteiger partial charge in [-0.2, -0.15) is 15.6 Å². The first-order valence-electron chi connectivity index (χ1n) is 11.9. The molecule has 0 aliphatic carbocycles. The van der Waals surface area contributed by atoms with Gasteiger partial charge in [0.2, 0.25) is 0 Å². The Hall–Kier alpha value is -1.21. The van der Waals surface area contributed by atoms with E-state index in [1.807, 2.05) is 51.1 Å². The molecule has 7 heteroatoms. The molecule has 0 atom stereocenters. The molecule has 0 spiro atoms. The second-order valence-corrected chi connectivity index (χ2v) is 10.9. The molecule has 0 saturated heterocycles. The zero-order chi connectivity index (χ0) is 26.7. The summed E-state index contributed by atoms with van der Waals surface area (Å²) in [6, 6.07) is 9.67. The Morgan fingerprint density at radius 3 is 2.09 bits per heavy atom. The van der Waals surface area contributed by atoms with E-state index in [1.54, 1.807) is 10.7 Å². The lowest BCUT2D eigenvalue weighted by atomic mass is 10.0. The maximum absolute atomic E-state index is 6.20. The zero-order valence-electron chi connectivity index (χ0n) is 22.7. The van der Waals surface area contributed by atoms with Crippen molar-refractivity contribution in [2.45, 2.75) is 67.2 Å². The summed E-state index contributed by atoms with van der Waals surface area (Å²) >= 11 is 9.65. The zero-order valence-corrected chi connectivity index (χ0v) is 25.8. The smallest absolute Gasteiger partial charge is 0.170 e. The Bertz CT molecular complexity index is 934. The van der Waals surface area contributed by atoms with E-state index in [-0.39, 0.29) is 0 Å². The highest BCUT2D eigenvalue weighted by atomic mass is 79.9. The predicted octanol–water partition coefficient (Wildman–Crippen LogP) is 8.89. The number of benzene rings is 1. The van der Waals surface area contributed by atoms with Crippen LogP contribution in [0.15, 0.2) is 41.0 Å². The van der Waals surface area contributed by atoms with Crippen molar-refractivity contribution >= 4 is 49.5 Å². The second kappa shape index (κ2) is 21.1. The average molecular weight is 574 g/mol. The van der Waals surface area contributed by atoms with Crippen LogP contribution in [0.2, 0.25) is 5.02 Å². The second-order valence-electron chi connectivity index (χ2n) is 7.66. The minimum absolute atomic E-state index is 0.389. The van der Waals surface area contributed by atoms with Crippen molar-refractivity contribution in [3.63, 3.8) is 0 Å². The summed E-state index contributed by atoms with van der Waals surface area (Å²) in [5.41, 5.74) is 8.09. The van der Waals surface area contributed by atoms with Crippen LogP contribution in [0.25, 0.3) is 16.9 Å². The summed E-state index contributed by atoms with van der Waals surface area (Å²) in [7, 11) is 1.89. The van der Waals surface area contributed by atoms with Crippen molar-refractivity contribution in [3.8, 4) is 11.3 Å². The lowest BCUT2D eigenvalue weighted by Crippen LogP contribution is -1.97. The van der Waals surface area contributed by atoms with Crippen molar-refractivity contribution in [2.75, 3.05) is 19.6 Å². The lowest BCUT2D eigenvalue weighted by Gasteiger charge is -2.06. The van der Waals surface area contributed by atoms with Crippen LogP contribution in [0.1, 0.15) is 66.0 Å². The van der Waals surface area contributed by atoms with Crippen LogP contribution in [0.5, 0.6) is 0 Å². The van der Waals surface area contributed by atoms with E-state index in [0.29, 0.717) is 15.5 Å². The SMILES string of the molecule is C=S(C)C.CC.CCCC(C)CCC.CN.Cc1cc(-c2ccccc2Cl)nc2c(Br)cnn12. The van der Waals surface area contributed by atoms with E-state index in [9.17, 15) is 0 Å². The molecule has 2 heterocycles. The van der Waals surface area contributed by atoms with Gasteiger partial charge in [-0.25, -0.2) is 9.50 Å². The maximum Gasteiger partial charge on any atom is 0.170 e. The van der Waals surface area contributed by atoms with Crippen molar-refractivity contribution in [1.29, 1.82) is 0 Å². The molecular weight excluding hydrogens is 528 g/mol. The first-order valence-corrected chi connectivity index (χ1v) is 15.3. The van der Waals surface area contributed by atoms with Gasteiger partial charge in [0.1, 0.15) is 0 Å². The van der Waals surface area contributed by atoms with E-state index in [2.05, 4.69) is 70.9 Å². The summed E-state index contributed by atoms with van der Waals surface area (Å²) in [6.45, 7) is 12.8. The topological polar surface area (TPSA) is 56.2 Å². The number of nitrogens with zero attached hydrogens (tertiary/aromatic N) is 3. The summed E-state index contributed by atoms with van der Waals surface area (Å²) in [6.07, 6.45) is 11.4. The van der Waals surface area contributed by atoms with Gasteiger partial charge in [0.15, 0.2) is 5.65 Å². The Labute approximate surface area is 224 Å². The van der Waals surface area contributed by atoms with Gasteiger partial charge < -0.3 is 5.73 Å². The molecular formula is C27H46BrClN4S. The minimum Gasteiger partial charge on any atom is -0.333 e. The quantitative estimate of drug-likeness (QED) is 0.310. The average Bonchev–Trinajstić information content (AvgIpc) is 3.18. The molecule has 4 nitrogen and oxygen atoms in total. The third kappa shape index (κ3) is 13.6. The van der Waals surface area contributed by atoms with Gasteiger partial charge in [0.05, 0.1) is 16.4 Å². The highest BCUT2D eigenvalue weighted by Gasteiger charge is 2.10. The highest BCUT2D eigenvalue weighted by Crippen LogP contribution is 2.28. The molecule has 0 fully saturated rings. The molecule has 2 aromatic heterocycles. The van der Waals surface area contributed by atoms with Gasteiger partial charge in [-0.15, -0.1) is 0 Å². The number of halogens is 2. The summed E-state index contributed by atoms with van der Waals surface area (Å²) in [5, 5.41) is 4.95. The normalized spacial score (nSPS) is 9.71. The van der Waals surface area contributed by atoms with Crippen LogP contribution in [0.3, 0.4) is 0 Å². The first kappa shape index (κ1) is 35.0. The molecule has 1 aromatic carbocycles. The highest BCUT2D eigenvalue weighted by molar-refractivity contribution is 9.10. The monoisotopic (exact) mass is 572 g/mol. The first-order chi connectivity index (χ1) is 16.2. The summed E-state index contributed by atoms with van der Waals surface area (Å²) in [4.78, 5) is 4.60. The van der Waals surface area contributed by atoms with E-state index < -0.39 is 0 Å². The van der Waals surface area contributed by atoms with Crippen LogP contribution in [0.4, 0.5) is 0 Å². The lowest BCUT2D eigenvalue weighted by molar-refractivity contribution is 0.480. The molecule has 0 bridgehead atoms. The number of aryl methyl sites for hydroxylation is 1. The van der Waals surface area contributed by atoms with Crippen LogP contribution < -0.4 is 5.73 Å².